The number of aromatic nitrogens is 4. The number of hydrogen-bond acceptors (Lipinski definition) is 6. The van der Waals surface area contributed by atoms with E-state index < -0.39 is 5.41 Å². The molecule has 0 aliphatic heterocycles. The van der Waals surface area contributed by atoms with Crippen molar-refractivity contribution in [1.82, 2.24) is 19.9 Å². The van der Waals surface area contributed by atoms with E-state index in [1.807, 2.05) is 24.8 Å². The van der Waals surface area contributed by atoms with Crippen molar-refractivity contribution in [1.29, 1.82) is 0 Å². The van der Waals surface area contributed by atoms with E-state index in [1.165, 1.54) is 51.6 Å². The molecule has 4 aromatic heterocycles. The summed E-state index contributed by atoms with van der Waals surface area (Å²) >= 11 is 0. The molecule has 4 heterocycles. The number of nitrogens with zero attached hydrogens (tertiary/aromatic N) is 4. The van der Waals surface area contributed by atoms with Crippen LogP contribution in [0.3, 0.4) is 0 Å². The lowest BCUT2D eigenvalue weighted by Crippen LogP contribution is -2.28. The summed E-state index contributed by atoms with van der Waals surface area (Å²) in [7, 11) is 0. The van der Waals surface area contributed by atoms with Gasteiger partial charge >= 0.3 is 0 Å². The second-order valence-electron chi connectivity index (χ2n) is 12.8. The van der Waals surface area contributed by atoms with Crippen LogP contribution in [-0.2, 0) is 5.41 Å². The Morgan fingerprint density at radius 2 is 0.961 bits per heavy atom. The van der Waals surface area contributed by atoms with Gasteiger partial charge in [0.2, 0.25) is 0 Å². The summed E-state index contributed by atoms with van der Waals surface area (Å²) < 4.78 is 11.3. The van der Waals surface area contributed by atoms with Gasteiger partial charge in [-0.25, -0.2) is 9.97 Å². The summed E-state index contributed by atoms with van der Waals surface area (Å²) in [5.74, 6) is 1.36. The molecule has 0 atom stereocenters. The summed E-state index contributed by atoms with van der Waals surface area (Å²) in [4.78, 5) is 17.6. The van der Waals surface area contributed by atoms with Gasteiger partial charge in [-0.3, -0.25) is 9.97 Å². The number of rotatable bonds is 6. The number of pyridine rings is 2. The van der Waals surface area contributed by atoms with E-state index in [2.05, 4.69) is 141 Å². The molecule has 5 aromatic carbocycles. The van der Waals surface area contributed by atoms with Crippen LogP contribution >= 0.6 is 0 Å². The molecule has 1 aliphatic rings. The van der Waals surface area contributed by atoms with Crippen LogP contribution in [0.1, 0.15) is 22.3 Å². The van der Waals surface area contributed by atoms with E-state index in [0.29, 0.717) is 11.5 Å². The number of oxazole rings is 2. The minimum Gasteiger partial charge on any atom is -0.443 e. The summed E-state index contributed by atoms with van der Waals surface area (Å²) in [6.07, 6.45) is 13.8. The second kappa shape index (κ2) is 11.6. The lowest BCUT2D eigenvalue weighted by Gasteiger charge is -2.34. The summed E-state index contributed by atoms with van der Waals surface area (Å²) in [6, 6.07) is 44.0. The summed E-state index contributed by atoms with van der Waals surface area (Å²) in [5, 5.41) is 2.34. The van der Waals surface area contributed by atoms with Gasteiger partial charge < -0.3 is 8.83 Å². The molecule has 0 bridgehead atoms. The number of fused-ring (bicyclic) bond motifs is 5. The van der Waals surface area contributed by atoms with Gasteiger partial charge in [-0.1, -0.05) is 97.1 Å². The summed E-state index contributed by atoms with van der Waals surface area (Å²) in [5.41, 5.74) is 12.6. The molecule has 0 amide bonds. The standard InChI is InChI=1S/C45H28N4O2/c1-3-9-34(10-4-1)45(35-11-5-2-6-12-35)40-19-29(30-17-32(23-46-21-30)42-25-48-27-50-42)15-16-38(40)44-37-14-8-7-13-36(37)39(20-41(44)45)31-18-33(24-47-22-31)43-26-49-28-51-43/h1-28H. The molecule has 0 saturated heterocycles. The van der Waals surface area contributed by atoms with Crippen molar-refractivity contribution in [3.63, 3.8) is 0 Å². The van der Waals surface area contributed by atoms with Crippen LogP contribution in [0.2, 0.25) is 0 Å². The van der Waals surface area contributed by atoms with Gasteiger partial charge in [0, 0.05) is 47.0 Å². The molecule has 9 aromatic rings. The largest absolute Gasteiger partial charge is 0.443 e. The van der Waals surface area contributed by atoms with Crippen LogP contribution in [0.25, 0.3) is 66.8 Å². The second-order valence-corrected chi connectivity index (χ2v) is 12.8. The van der Waals surface area contributed by atoms with Crippen LogP contribution in [0.4, 0.5) is 0 Å². The maximum absolute atomic E-state index is 5.68. The topological polar surface area (TPSA) is 77.8 Å². The van der Waals surface area contributed by atoms with Gasteiger partial charge in [0.1, 0.15) is 0 Å². The molecule has 6 nitrogen and oxygen atoms in total. The Bertz CT molecular complexity index is 2650. The van der Waals surface area contributed by atoms with Crippen molar-refractivity contribution in [3.05, 3.63) is 194 Å². The van der Waals surface area contributed by atoms with Crippen LogP contribution < -0.4 is 0 Å². The Balaban J connectivity index is 1.29. The highest BCUT2D eigenvalue weighted by atomic mass is 16.3. The highest BCUT2D eigenvalue weighted by Crippen LogP contribution is 2.59. The minimum atomic E-state index is -0.631. The van der Waals surface area contributed by atoms with Gasteiger partial charge in [-0.15, -0.1) is 0 Å². The SMILES string of the molecule is c1ccc(C2(c3ccccc3)c3cc(-c4cncc(-c5cnco5)c4)ccc3-c3c2cc(-c2cncc(-c4cnco4)c2)c2ccccc32)cc1. The Morgan fingerprint density at radius 1 is 0.392 bits per heavy atom. The molecule has 0 N–H and O–H groups in total. The molecule has 0 saturated carbocycles. The number of hydrogen-bond donors (Lipinski definition) is 0. The molecular formula is C45H28N4O2. The Morgan fingerprint density at radius 3 is 1.59 bits per heavy atom. The lowest BCUT2D eigenvalue weighted by molar-refractivity contribution is 0.571. The monoisotopic (exact) mass is 656 g/mol. The van der Waals surface area contributed by atoms with E-state index >= 15 is 0 Å². The minimum absolute atomic E-state index is 0.631. The summed E-state index contributed by atoms with van der Waals surface area (Å²) in [6.45, 7) is 0. The molecule has 240 valence electrons. The van der Waals surface area contributed by atoms with Crippen LogP contribution in [0.15, 0.2) is 180 Å². The van der Waals surface area contributed by atoms with E-state index in [0.717, 1.165) is 38.8 Å². The molecule has 6 heteroatoms. The van der Waals surface area contributed by atoms with Crippen LogP contribution in [-0.4, -0.2) is 19.9 Å². The predicted octanol–water partition coefficient (Wildman–Crippen LogP) is 10.6. The van der Waals surface area contributed by atoms with Crippen molar-refractivity contribution in [3.8, 4) is 56.0 Å². The molecule has 51 heavy (non-hydrogen) atoms. The van der Waals surface area contributed by atoms with E-state index in [9.17, 15) is 0 Å². The predicted molar refractivity (Wildman–Crippen MR) is 199 cm³/mol. The number of benzene rings is 5. The molecule has 0 radical (unpaired) electrons. The fourth-order valence-corrected chi connectivity index (χ4v) is 7.93. The Kier molecular flexibility index (Phi) is 6.61. The van der Waals surface area contributed by atoms with Gasteiger partial charge in [0.15, 0.2) is 24.3 Å². The first-order valence-electron chi connectivity index (χ1n) is 16.8. The molecule has 0 spiro atoms. The van der Waals surface area contributed by atoms with Crippen molar-refractivity contribution >= 4 is 10.8 Å². The van der Waals surface area contributed by atoms with Gasteiger partial charge in [-0.2, -0.15) is 0 Å². The lowest BCUT2D eigenvalue weighted by atomic mass is 9.67. The van der Waals surface area contributed by atoms with Gasteiger partial charge in [-0.05, 0) is 79.5 Å². The zero-order valence-corrected chi connectivity index (χ0v) is 27.3. The highest BCUT2D eigenvalue weighted by Gasteiger charge is 2.47. The Labute approximate surface area is 293 Å². The smallest absolute Gasteiger partial charge is 0.181 e. The third-order valence-electron chi connectivity index (χ3n) is 10.1. The third kappa shape index (κ3) is 4.50. The molecule has 0 fully saturated rings. The maximum Gasteiger partial charge on any atom is 0.181 e. The van der Waals surface area contributed by atoms with Gasteiger partial charge in [0.05, 0.1) is 17.8 Å². The quantitative estimate of drug-likeness (QED) is 0.177. The van der Waals surface area contributed by atoms with Crippen LogP contribution in [0, 0.1) is 0 Å². The third-order valence-corrected chi connectivity index (χ3v) is 10.1. The fourth-order valence-electron chi connectivity index (χ4n) is 7.93. The fraction of sp³-hybridized carbons (Fsp3) is 0.0222. The normalized spacial score (nSPS) is 12.9. The Hall–Kier alpha value is -6.92. The van der Waals surface area contributed by atoms with Crippen molar-refractivity contribution in [2.45, 2.75) is 5.41 Å². The van der Waals surface area contributed by atoms with Crippen molar-refractivity contribution in [2.24, 2.45) is 0 Å². The average Bonchev–Trinajstić information content (AvgIpc) is 4.00. The zero-order valence-electron chi connectivity index (χ0n) is 27.3. The van der Waals surface area contributed by atoms with Crippen molar-refractivity contribution in [2.75, 3.05) is 0 Å². The van der Waals surface area contributed by atoms with Crippen molar-refractivity contribution < 1.29 is 8.83 Å². The van der Waals surface area contributed by atoms with Crippen LogP contribution in [0.5, 0.6) is 0 Å². The first kappa shape index (κ1) is 29.0. The average molecular weight is 657 g/mol. The first-order valence-corrected chi connectivity index (χ1v) is 16.8. The maximum atomic E-state index is 5.68. The van der Waals surface area contributed by atoms with E-state index in [-0.39, 0.29) is 0 Å². The molecule has 1 aliphatic carbocycles. The van der Waals surface area contributed by atoms with Gasteiger partial charge in [0.25, 0.3) is 0 Å². The first-order chi connectivity index (χ1) is 25.3. The highest BCUT2D eigenvalue weighted by molar-refractivity contribution is 6.10. The zero-order chi connectivity index (χ0) is 33.8. The van der Waals surface area contributed by atoms with E-state index in [1.54, 1.807) is 12.4 Å². The molecule has 0 unspecified atom stereocenters. The molecule has 10 rings (SSSR count). The van der Waals surface area contributed by atoms with E-state index in [4.69, 9.17) is 8.83 Å². The molecular weight excluding hydrogens is 629 g/mol.